The molecule has 0 heterocycles. The Morgan fingerprint density at radius 2 is 2.09 bits per heavy atom. The lowest BCUT2D eigenvalue weighted by Crippen LogP contribution is -2.11. The van der Waals surface area contributed by atoms with Crippen LogP contribution in [0.4, 0.5) is 0 Å². The summed E-state index contributed by atoms with van der Waals surface area (Å²) in [6, 6.07) is 0. The van der Waals surface area contributed by atoms with E-state index >= 15 is 0 Å². The molecule has 0 fully saturated rings. The van der Waals surface area contributed by atoms with Crippen molar-refractivity contribution in [1.82, 2.24) is 0 Å². The lowest BCUT2D eigenvalue weighted by Gasteiger charge is -2.13. The number of aliphatic hydroxyl groups is 1. The quantitative estimate of drug-likeness (QED) is 0.617. The van der Waals surface area contributed by atoms with E-state index in [4.69, 9.17) is 0 Å². The molecule has 1 unspecified atom stereocenters. The van der Waals surface area contributed by atoms with Gasteiger partial charge in [0.2, 0.25) is 0 Å². The van der Waals surface area contributed by atoms with Gasteiger partial charge in [-0.15, -0.1) is 0 Å². The summed E-state index contributed by atoms with van der Waals surface area (Å²) < 4.78 is 0. The molecule has 0 radical (unpaired) electrons. The summed E-state index contributed by atoms with van der Waals surface area (Å²) in [5, 5.41) is 9.48. The molecule has 11 heavy (non-hydrogen) atoms. The van der Waals surface area contributed by atoms with Gasteiger partial charge in [-0.2, -0.15) is 0 Å². The van der Waals surface area contributed by atoms with E-state index < -0.39 is 0 Å². The normalized spacial score (nSPS) is 20.9. The lowest BCUT2D eigenvalue weighted by atomic mass is 9.97. The average molecular weight is 154 g/mol. The molecule has 0 aromatic heterocycles. The topological polar surface area (TPSA) is 20.2 Å². The molecular weight excluding hydrogens is 136 g/mol. The van der Waals surface area contributed by atoms with Crippen molar-refractivity contribution in [2.24, 2.45) is 5.92 Å². The number of hydrogen-bond donors (Lipinski definition) is 1. The van der Waals surface area contributed by atoms with Crippen molar-refractivity contribution < 1.29 is 5.11 Å². The van der Waals surface area contributed by atoms with E-state index in [9.17, 15) is 5.11 Å². The minimum absolute atomic E-state index is 0.0510. The molecule has 0 aromatic rings. The van der Waals surface area contributed by atoms with Crippen molar-refractivity contribution in [3.8, 4) is 0 Å². The first-order valence-electron chi connectivity index (χ1n) is 4.66. The highest BCUT2D eigenvalue weighted by atomic mass is 16.3. The van der Waals surface area contributed by atoms with Gasteiger partial charge < -0.3 is 5.11 Å². The number of allylic oxidation sites excluding steroid dienone is 2. The number of rotatable bonds is 4. The van der Waals surface area contributed by atoms with Gasteiger partial charge in [-0.25, -0.2) is 0 Å². The van der Waals surface area contributed by atoms with Gasteiger partial charge in [0.1, 0.15) is 0 Å². The van der Waals surface area contributed by atoms with Crippen molar-refractivity contribution >= 4 is 0 Å². The van der Waals surface area contributed by atoms with Crippen LogP contribution in [-0.4, -0.2) is 11.2 Å². The molecule has 0 saturated heterocycles. The predicted molar refractivity (Wildman–Crippen MR) is 47.4 cm³/mol. The van der Waals surface area contributed by atoms with Gasteiger partial charge >= 0.3 is 0 Å². The summed E-state index contributed by atoms with van der Waals surface area (Å²) in [5.41, 5.74) is 0. The Balaban J connectivity index is 2.09. The van der Waals surface area contributed by atoms with Crippen molar-refractivity contribution in [1.29, 1.82) is 0 Å². The maximum absolute atomic E-state index is 9.48. The van der Waals surface area contributed by atoms with Crippen molar-refractivity contribution in [3.63, 3.8) is 0 Å². The van der Waals surface area contributed by atoms with E-state index in [1.54, 1.807) is 0 Å². The second-order valence-electron chi connectivity index (χ2n) is 3.49. The third kappa shape index (κ3) is 3.06. The van der Waals surface area contributed by atoms with E-state index in [1.165, 1.54) is 12.8 Å². The summed E-state index contributed by atoms with van der Waals surface area (Å²) in [4.78, 5) is 0. The first kappa shape index (κ1) is 8.79. The van der Waals surface area contributed by atoms with Crippen LogP contribution in [0.15, 0.2) is 12.2 Å². The molecule has 64 valence electrons. The average Bonchev–Trinajstić information content (AvgIpc) is 2.40. The zero-order valence-corrected chi connectivity index (χ0v) is 7.29. The molecule has 1 rings (SSSR count). The molecule has 1 nitrogen and oxygen atoms in total. The van der Waals surface area contributed by atoms with E-state index in [1.807, 2.05) is 0 Å². The van der Waals surface area contributed by atoms with E-state index in [-0.39, 0.29) is 6.10 Å². The molecule has 1 atom stereocenters. The molecule has 1 aliphatic carbocycles. The van der Waals surface area contributed by atoms with Gasteiger partial charge in [-0.1, -0.05) is 25.5 Å². The summed E-state index contributed by atoms with van der Waals surface area (Å²) in [6.45, 7) is 2.12. The highest BCUT2D eigenvalue weighted by Crippen LogP contribution is 2.23. The number of hydrogen-bond acceptors (Lipinski definition) is 1. The SMILES string of the molecule is CCCC(O)CC1CC=CC1. The largest absolute Gasteiger partial charge is 0.393 e. The third-order valence-corrected chi connectivity index (χ3v) is 2.33. The Bertz CT molecular complexity index is 121. The van der Waals surface area contributed by atoms with Crippen LogP contribution in [0.3, 0.4) is 0 Å². The van der Waals surface area contributed by atoms with Crippen molar-refractivity contribution in [3.05, 3.63) is 12.2 Å². The van der Waals surface area contributed by atoms with Gasteiger partial charge in [0.25, 0.3) is 0 Å². The molecule has 0 aliphatic heterocycles. The molecule has 1 aliphatic rings. The predicted octanol–water partition coefficient (Wildman–Crippen LogP) is 2.50. The Hall–Kier alpha value is -0.300. The molecule has 0 bridgehead atoms. The fraction of sp³-hybridized carbons (Fsp3) is 0.800. The second-order valence-corrected chi connectivity index (χ2v) is 3.49. The molecule has 1 heteroatoms. The highest BCUT2D eigenvalue weighted by Gasteiger charge is 2.14. The fourth-order valence-electron chi connectivity index (χ4n) is 1.70. The molecule has 1 N–H and O–H groups in total. The Labute approximate surface area is 69.1 Å². The third-order valence-electron chi connectivity index (χ3n) is 2.33. The van der Waals surface area contributed by atoms with Crippen LogP contribution < -0.4 is 0 Å². The second kappa shape index (κ2) is 4.55. The van der Waals surface area contributed by atoms with Crippen LogP contribution in [0, 0.1) is 5.92 Å². The van der Waals surface area contributed by atoms with Crippen molar-refractivity contribution in [2.75, 3.05) is 0 Å². The van der Waals surface area contributed by atoms with E-state index in [0.29, 0.717) is 0 Å². The summed E-state index contributed by atoms with van der Waals surface area (Å²) in [5.74, 6) is 0.733. The van der Waals surface area contributed by atoms with Gasteiger partial charge in [-0.05, 0) is 31.6 Å². The Morgan fingerprint density at radius 1 is 1.45 bits per heavy atom. The minimum atomic E-state index is -0.0510. The first-order valence-corrected chi connectivity index (χ1v) is 4.66. The minimum Gasteiger partial charge on any atom is -0.393 e. The fourth-order valence-corrected chi connectivity index (χ4v) is 1.70. The van der Waals surface area contributed by atoms with Crippen LogP contribution in [0.5, 0.6) is 0 Å². The zero-order valence-electron chi connectivity index (χ0n) is 7.29. The Kier molecular flexibility index (Phi) is 3.64. The first-order chi connectivity index (χ1) is 5.33. The Morgan fingerprint density at radius 3 is 2.64 bits per heavy atom. The van der Waals surface area contributed by atoms with Crippen molar-refractivity contribution in [2.45, 2.75) is 45.1 Å². The van der Waals surface area contributed by atoms with Gasteiger partial charge in [-0.3, -0.25) is 0 Å². The summed E-state index contributed by atoms with van der Waals surface area (Å²) in [6.07, 6.45) is 9.83. The van der Waals surface area contributed by atoms with Gasteiger partial charge in [0.15, 0.2) is 0 Å². The van der Waals surface area contributed by atoms with Crippen LogP contribution in [-0.2, 0) is 0 Å². The zero-order chi connectivity index (χ0) is 8.10. The molecular formula is C10H18O. The molecule has 0 amide bonds. The molecule has 0 aromatic carbocycles. The number of aliphatic hydroxyl groups excluding tert-OH is 1. The maximum Gasteiger partial charge on any atom is 0.0543 e. The monoisotopic (exact) mass is 154 g/mol. The molecule has 0 saturated carbocycles. The summed E-state index contributed by atoms with van der Waals surface area (Å²) >= 11 is 0. The lowest BCUT2D eigenvalue weighted by molar-refractivity contribution is 0.134. The maximum atomic E-state index is 9.48. The molecule has 0 spiro atoms. The smallest absolute Gasteiger partial charge is 0.0543 e. The standard InChI is InChI=1S/C10H18O/c1-2-5-10(11)8-9-6-3-4-7-9/h3-4,9-11H,2,5-8H2,1H3. The van der Waals surface area contributed by atoms with Crippen LogP contribution in [0.2, 0.25) is 0 Å². The van der Waals surface area contributed by atoms with Crippen LogP contribution in [0.1, 0.15) is 39.0 Å². The van der Waals surface area contributed by atoms with Crippen LogP contribution in [0.25, 0.3) is 0 Å². The highest BCUT2D eigenvalue weighted by molar-refractivity contribution is 4.94. The van der Waals surface area contributed by atoms with Crippen LogP contribution >= 0.6 is 0 Å². The summed E-state index contributed by atoms with van der Waals surface area (Å²) in [7, 11) is 0. The van der Waals surface area contributed by atoms with Gasteiger partial charge in [0, 0.05) is 0 Å². The van der Waals surface area contributed by atoms with Gasteiger partial charge in [0.05, 0.1) is 6.10 Å². The van der Waals surface area contributed by atoms with E-state index in [0.717, 1.165) is 25.2 Å². The van der Waals surface area contributed by atoms with E-state index in [2.05, 4.69) is 19.1 Å².